The summed E-state index contributed by atoms with van der Waals surface area (Å²) in [6, 6.07) is 0.101. The quantitative estimate of drug-likeness (QED) is 0.432. The fourth-order valence-electron chi connectivity index (χ4n) is 2.41. The molecule has 0 saturated carbocycles. The monoisotopic (exact) mass is 249 g/mol. The first kappa shape index (κ1) is 11.2. The summed E-state index contributed by atoms with van der Waals surface area (Å²) in [5.74, 6) is 6.47. The van der Waals surface area contributed by atoms with Crippen molar-refractivity contribution in [1.29, 1.82) is 0 Å². The zero-order chi connectivity index (χ0) is 12.5. The number of aliphatic hydroxyl groups is 1. The van der Waals surface area contributed by atoms with E-state index in [-0.39, 0.29) is 12.6 Å². The fourth-order valence-corrected chi connectivity index (χ4v) is 2.41. The van der Waals surface area contributed by atoms with Crippen LogP contribution < -0.4 is 16.2 Å². The lowest BCUT2D eigenvalue weighted by Gasteiger charge is -2.24. The number of aliphatic hydroxyl groups excluding tert-OH is 1. The summed E-state index contributed by atoms with van der Waals surface area (Å²) < 4.78 is 0. The Morgan fingerprint density at radius 1 is 1.56 bits per heavy atom. The second kappa shape index (κ2) is 4.39. The first-order valence-corrected chi connectivity index (χ1v) is 5.88. The molecule has 1 aliphatic heterocycles. The van der Waals surface area contributed by atoms with Gasteiger partial charge in [-0.15, -0.1) is 0 Å². The zero-order valence-electron chi connectivity index (χ0n) is 9.80. The Morgan fingerprint density at radius 3 is 3.22 bits per heavy atom. The van der Waals surface area contributed by atoms with Crippen molar-refractivity contribution in [2.75, 3.05) is 23.5 Å². The lowest BCUT2D eigenvalue weighted by Crippen LogP contribution is -2.33. The number of hydrogen-bond donors (Lipinski definition) is 4. The molecule has 3 heterocycles. The van der Waals surface area contributed by atoms with E-state index in [2.05, 4.69) is 30.5 Å². The Hall–Kier alpha value is -1.93. The van der Waals surface area contributed by atoms with Gasteiger partial charge in [-0.05, 0) is 12.8 Å². The molecule has 1 fully saturated rings. The number of nitrogens with two attached hydrogens (primary N) is 1. The molecular weight excluding hydrogens is 234 g/mol. The Balaban J connectivity index is 2.11. The van der Waals surface area contributed by atoms with Crippen molar-refractivity contribution in [2.45, 2.75) is 18.9 Å². The highest BCUT2D eigenvalue weighted by Gasteiger charge is 2.27. The summed E-state index contributed by atoms with van der Waals surface area (Å²) in [6.07, 6.45) is 3.70. The van der Waals surface area contributed by atoms with Gasteiger partial charge in [0.05, 0.1) is 24.2 Å². The standard InChI is InChI=1S/C10H15N7O/c11-15-10-13-8-7(4-12-16-8)9(14-10)17-3-1-2-6(17)5-18/h4,6,18H,1-3,5,11H2,(H2,12,13,14,15,16). The molecular formula is C10H15N7O. The molecule has 8 heteroatoms. The van der Waals surface area contributed by atoms with Gasteiger partial charge in [0.1, 0.15) is 5.82 Å². The summed E-state index contributed by atoms with van der Waals surface area (Å²) in [7, 11) is 0. The Kier molecular flexibility index (Phi) is 2.73. The number of rotatable bonds is 3. The number of aromatic nitrogens is 4. The van der Waals surface area contributed by atoms with E-state index in [4.69, 9.17) is 5.84 Å². The Bertz CT molecular complexity index is 554. The van der Waals surface area contributed by atoms with Gasteiger partial charge in [0, 0.05) is 6.54 Å². The minimum atomic E-state index is 0.101. The van der Waals surface area contributed by atoms with Crippen LogP contribution in [0.3, 0.4) is 0 Å². The minimum Gasteiger partial charge on any atom is -0.394 e. The lowest BCUT2D eigenvalue weighted by molar-refractivity contribution is 0.266. The molecule has 1 saturated heterocycles. The number of nitrogens with zero attached hydrogens (tertiary/aromatic N) is 4. The Labute approximate surface area is 103 Å². The molecule has 1 aliphatic rings. The normalized spacial score (nSPS) is 19.7. The van der Waals surface area contributed by atoms with Crippen molar-refractivity contribution >= 4 is 22.8 Å². The number of nitrogen functional groups attached to an aromatic ring is 1. The van der Waals surface area contributed by atoms with Gasteiger partial charge >= 0.3 is 0 Å². The summed E-state index contributed by atoms with van der Waals surface area (Å²) in [6.45, 7) is 0.987. The van der Waals surface area contributed by atoms with Crippen molar-refractivity contribution in [1.82, 2.24) is 20.2 Å². The SMILES string of the molecule is NNc1nc(N2CCCC2CO)c2cn[nH]c2n1. The average molecular weight is 249 g/mol. The van der Waals surface area contributed by atoms with Gasteiger partial charge in [0.15, 0.2) is 5.65 Å². The van der Waals surface area contributed by atoms with Crippen LogP contribution in [0.1, 0.15) is 12.8 Å². The highest BCUT2D eigenvalue weighted by molar-refractivity contribution is 5.87. The summed E-state index contributed by atoms with van der Waals surface area (Å²) in [5, 5.41) is 17.0. The molecule has 1 atom stereocenters. The molecule has 96 valence electrons. The van der Waals surface area contributed by atoms with Gasteiger partial charge in [-0.25, -0.2) is 5.84 Å². The molecule has 0 aromatic carbocycles. The highest BCUT2D eigenvalue weighted by Crippen LogP contribution is 2.29. The van der Waals surface area contributed by atoms with Gasteiger partial charge in [-0.1, -0.05) is 0 Å². The third-order valence-corrected chi connectivity index (χ3v) is 3.28. The van der Waals surface area contributed by atoms with Crippen LogP contribution in [0.4, 0.5) is 11.8 Å². The molecule has 0 amide bonds. The molecule has 0 aliphatic carbocycles. The molecule has 18 heavy (non-hydrogen) atoms. The molecule has 0 spiro atoms. The van der Waals surface area contributed by atoms with Crippen molar-refractivity contribution in [3.63, 3.8) is 0 Å². The topological polar surface area (TPSA) is 116 Å². The van der Waals surface area contributed by atoms with Crippen LogP contribution >= 0.6 is 0 Å². The van der Waals surface area contributed by atoms with E-state index >= 15 is 0 Å². The molecule has 5 N–H and O–H groups in total. The van der Waals surface area contributed by atoms with E-state index in [1.54, 1.807) is 6.20 Å². The van der Waals surface area contributed by atoms with Crippen molar-refractivity contribution < 1.29 is 5.11 Å². The van der Waals surface area contributed by atoms with Crippen LogP contribution in [-0.2, 0) is 0 Å². The largest absolute Gasteiger partial charge is 0.394 e. The van der Waals surface area contributed by atoms with E-state index in [0.717, 1.165) is 30.6 Å². The average Bonchev–Trinajstić information content (AvgIpc) is 3.05. The third kappa shape index (κ3) is 1.66. The second-order valence-electron chi connectivity index (χ2n) is 4.32. The first-order valence-electron chi connectivity index (χ1n) is 5.88. The maximum absolute atomic E-state index is 9.40. The van der Waals surface area contributed by atoms with Crippen molar-refractivity contribution in [3.8, 4) is 0 Å². The minimum absolute atomic E-state index is 0.101. The van der Waals surface area contributed by atoms with Gasteiger partial charge in [0.25, 0.3) is 0 Å². The lowest BCUT2D eigenvalue weighted by atomic mass is 10.2. The van der Waals surface area contributed by atoms with E-state index in [1.165, 1.54) is 0 Å². The van der Waals surface area contributed by atoms with E-state index < -0.39 is 0 Å². The Morgan fingerprint density at radius 2 is 2.44 bits per heavy atom. The molecule has 2 aromatic rings. The van der Waals surface area contributed by atoms with E-state index in [0.29, 0.717) is 11.6 Å². The first-order chi connectivity index (χ1) is 8.83. The number of H-pyrrole nitrogens is 1. The van der Waals surface area contributed by atoms with Crippen LogP contribution in [-0.4, -0.2) is 44.5 Å². The zero-order valence-corrected chi connectivity index (χ0v) is 9.80. The number of anilines is 2. The molecule has 3 rings (SSSR count). The number of aromatic amines is 1. The molecule has 2 aromatic heterocycles. The number of hydrogen-bond acceptors (Lipinski definition) is 7. The second-order valence-corrected chi connectivity index (χ2v) is 4.32. The predicted octanol–water partition coefficient (Wildman–Crippen LogP) is -0.400. The van der Waals surface area contributed by atoms with Crippen molar-refractivity contribution in [2.24, 2.45) is 5.84 Å². The van der Waals surface area contributed by atoms with Gasteiger partial charge in [-0.2, -0.15) is 15.1 Å². The van der Waals surface area contributed by atoms with Crippen LogP contribution in [0.15, 0.2) is 6.20 Å². The third-order valence-electron chi connectivity index (χ3n) is 3.28. The fraction of sp³-hybridized carbons (Fsp3) is 0.500. The maximum Gasteiger partial charge on any atom is 0.241 e. The maximum atomic E-state index is 9.40. The summed E-state index contributed by atoms with van der Waals surface area (Å²) in [4.78, 5) is 10.6. The molecule has 8 nitrogen and oxygen atoms in total. The van der Waals surface area contributed by atoms with Crippen LogP contribution in [0.2, 0.25) is 0 Å². The van der Waals surface area contributed by atoms with Crippen LogP contribution in [0, 0.1) is 0 Å². The van der Waals surface area contributed by atoms with Crippen molar-refractivity contribution in [3.05, 3.63) is 6.20 Å². The number of hydrazine groups is 1. The van der Waals surface area contributed by atoms with E-state index in [1.807, 2.05) is 0 Å². The number of nitrogens with one attached hydrogen (secondary N) is 2. The predicted molar refractivity (Wildman–Crippen MR) is 66.9 cm³/mol. The molecule has 0 radical (unpaired) electrons. The van der Waals surface area contributed by atoms with Gasteiger partial charge in [-0.3, -0.25) is 10.5 Å². The van der Waals surface area contributed by atoms with Crippen LogP contribution in [0.25, 0.3) is 11.0 Å². The van der Waals surface area contributed by atoms with Gasteiger partial charge < -0.3 is 10.0 Å². The number of fused-ring (bicyclic) bond motifs is 1. The smallest absolute Gasteiger partial charge is 0.241 e. The van der Waals surface area contributed by atoms with Gasteiger partial charge in [0.2, 0.25) is 5.95 Å². The summed E-state index contributed by atoms with van der Waals surface area (Å²) >= 11 is 0. The van der Waals surface area contributed by atoms with E-state index in [9.17, 15) is 5.11 Å². The molecule has 1 unspecified atom stereocenters. The summed E-state index contributed by atoms with van der Waals surface area (Å²) in [5.41, 5.74) is 3.08. The highest BCUT2D eigenvalue weighted by atomic mass is 16.3. The molecule has 0 bridgehead atoms. The van der Waals surface area contributed by atoms with Crippen LogP contribution in [0.5, 0.6) is 0 Å².